The number of nitrogens with one attached hydrogen (secondary N) is 1. The highest BCUT2D eigenvalue weighted by molar-refractivity contribution is 7.10. The maximum Gasteiger partial charge on any atom is 0.0888 e. The lowest BCUT2D eigenvalue weighted by Gasteiger charge is -2.38. The minimum atomic E-state index is -0.218. The van der Waals surface area contributed by atoms with E-state index in [1.54, 1.807) is 18.4 Å². The molecule has 4 heteroatoms. The van der Waals surface area contributed by atoms with Gasteiger partial charge in [-0.3, -0.25) is 5.84 Å². The van der Waals surface area contributed by atoms with Crippen LogP contribution in [0.4, 0.5) is 0 Å². The maximum absolute atomic E-state index is 5.73. The van der Waals surface area contributed by atoms with Crippen LogP contribution < -0.4 is 11.3 Å². The summed E-state index contributed by atoms with van der Waals surface area (Å²) >= 11 is 1.73. The molecule has 0 radical (unpaired) electrons. The van der Waals surface area contributed by atoms with Crippen molar-refractivity contribution in [1.82, 2.24) is 5.43 Å². The number of hydrogen-bond donors (Lipinski definition) is 2. The molecule has 0 aliphatic heterocycles. The number of thiophene rings is 1. The van der Waals surface area contributed by atoms with E-state index in [-0.39, 0.29) is 11.6 Å². The van der Waals surface area contributed by atoms with Gasteiger partial charge < -0.3 is 4.74 Å². The summed E-state index contributed by atoms with van der Waals surface area (Å²) in [6.45, 7) is 6.39. The zero-order valence-corrected chi connectivity index (χ0v) is 11.4. The van der Waals surface area contributed by atoms with Crippen LogP contribution in [0.15, 0.2) is 11.4 Å². The molecule has 0 aliphatic rings. The average Bonchev–Trinajstić information content (AvgIpc) is 2.72. The molecule has 1 aromatic heterocycles. The Morgan fingerprint density at radius 1 is 1.50 bits per heavy atom. The molecular formula is C12H22N2OS. The van der Waals surface area contributed by atoms with Gasteiger partial charge in [-0.25, -0.2) is 5.43 Å². The van der Waals surface area contributed by atoms with Crippen molar-refractivity contribution < 1.29 is 4.74 Å². The fourth-order valence-electron chi connectivity index (χ4n) is 2.21. The molecule has 1 rings (SSSR count). The first-order valence-corrected chi connectivity index (χ1v) is 6.58. The van der Waals surface area contributed by atoms with E-state index in [4.69, 9.17) is 10.6 Å². The second-order valence-corrected chi connectivity index (χ2v) is 4.99. The second kappa shape index (κ2) is 5.77. The Labute approximate surface area is 102 Å². The highest BCUT2D eigenvalue weighted by Crippen LogP contribution is 2.37. The van der Waals surface area contributed by atoms with Crippen LogP contribution in [0, 0.1) is 6.92 Å². The van der Waals surface area contributed by atoms with E-state index >= 15 is 0 Å². The SMILES string of the molecule is CCC(CC)(OC)C(NN)c1sccc1C. The molecule has 0 saturated carbocycles. The van der Waals surface area contributed by atoms with Crippen LogP contribution in [0.25, 0.3) is 0 Å². The summed E-state index contributed by atoms with van der Waals surface area (Å²) in [4.78, 5) is 1.27. The number of hydrogen-bond acceptors (Lipinski definition) is 4. The van der Waals surface area contributed by atoms with Gasteiger partial charge in [0.1, 0.15) is 0 Å². The zero-order valence-electron chi connectivity index (χ0n) is 10.5. The molecule has 16 heavy (non-hydrogen) atoms. The van der Waals surface area contributed by atoms with E-state index in [9.17, 15) is 0 Å². The number of aryl methyl sites for hydroxylation is 1. The fraction of sp³-hybridized carbons (Fsp3) is 0.667. The highest BCUT2D eigenvalue weighted by atomic mass is 32.1. The molecule has 92 valence electrons. The standard InChI is InChI=1S/C12H22N2OS/c1-5-12(6-2,15-4)11(14-13)10-9(3)7-8-16-10/h7-8,11,14H,5-6,13H2,1-4H3. The van der Waals surface area contributed by atoms with Gasteiger partial charge >= 0.3 is 0 Å². The van der Waals surface area contributed by atoms with Crippen molar-refractivity contribution in [2.24, 2.45) is 5.84 Å². The van der Waals surface area contributed by atoms with Crippen molar-refractivity contribution in [3.8, 4) is 0 Å². The summed E-state index contributed by atoms with van der Waals surface area (Å²) in [7, 11) is 1.76. The van der Waals surface area contributed by atoms with E-state index < -0.39 is 0 Å². The zero-order chi connectivity index (χ0) is 12.2. The van der Waals surface area contributed by atoms with Gasteiger partial charge in [-0.05, 0) is 36.8 Å². The first-order chi connectivity index (χ1) is 7.65. The number of hydrazine groups is 1. The molecule has 0 fully saturated rings. The Balaban J connectivity index is 3.10. The molecule has 1 heterocycles. The monoisotopic (exact) mass is 242 g/mol. The van der Waals surface area contributed by atoms with Gasteiger partial charge in [-0.1, -0.05) is 13.8 Å². The normalized spacial score (nSPS) is 14.1. The molecule has 1 atom stereocenters. The van der Waals surface area contributed by atoms with Gasteiger partial charge in [0.25, 0.3) is 0 Å². The van der Waals surface area contributed by atoms with Gasteiger partial charge in [-0.15, -0.1) is 11.3 Å². The third-order valence-electron chi connectivity index (χ3n) is 3.46. The molecule has 1 aromatic rings. The molecular weight excluding hydrogens is 220 g/mol. The van der Waals surface area contributed by atoms with Gasteiger partial charge in [-0.2, -0.15) is 0 Å². The largest absolute Gasteiger partial charge is 0.376 e. The Hall–Kier alpha value is -0.420. The van der Waals surface area contributed by atoms with Crippen LogP contribution in [-0.2, 0) is 4.74 Å². The van der Waals surface area contributed by atoms with Crippen LogP contribution in [0.1, 0.15) is 43.2 Å². The Kier molecular flexibility index (Phi) is 4.92. The van der Waals surface area contributed by atoms with Crippen molar-refractivity contribution in [3.05, 3.63) is 21.9 Å². The Bertz CT molecular complexity index is 312. The van der Waals surface area contributed by atoms with Gasteiger partial charge in [0, 0.05) is 12.0 Å². The van der Waals surface area contributed by atoms with Crippen molar-refractivity contribution in [3.63, 3.8) is 0 Å². The molecule has 0 aliphatic carbocycles. The van der Waals surface area contributed by atoms with Crippen molar-refractivity contribution in [2.45, 2.75) is 45.3 Å². The van der Waals surface area contributed by atoms with E-state index in [1.807, 2.05) is 0 Å². The van der Waals surface area contributed by atoms with Gasteiger partial charge in [0.2, 0.25) is 0 Å². The first-order valence-electron chi connectivity index (χ1n) is 5.70. The molecule has 0 bridgehead atoms. The smallest absolute Gasteiger partial charge is 0.0888 e. The average molecular weight is 242 g/mol. The van der Waals surface area contributed by atoms with Crippen LogP contribution >= 0.6 is 11.3 Å². The van der Waals surface area contributed by atoms with Crippen LogP contribution in [0.5, 0.6) is 0 Å². The van der Waals surface area contributed by atoms with Crippen molar-refractivity contribution >= 4 is 11.3 Å². The number of methoxy groups -OCH3 is 1. The summed E-state index contributed by atoms with van der Waals surface area (Å²) in [6.07, 6.45) is 1.87. The molecule has 0 saturated heterocycles. The minimum Gasteiger partial charge on any atom is -0.376 e. The van der Waals surface area contributed by atoms with E-state index in [0.29, 0.717) is 0 Å². The van der Waals surface area contributed by atoms with Crippen molar-refractivity contribution in [1.29, 1.82) is 0 Å². The summed E-state index contributed by atoms with van der Waals surface area (Å²) in [6, 6.07) is 2.18. The summed E-state index contributed by atoms with van der Waals surface area (Å²) < 4.78 is 5.73. The number of nitrogens with two attached hydrogens (primary N) is 1. The lowest BCUT2D eigenvalue weighted by molar-refractivity contribution is -0.0479. The highest BCUT2D eigenvalue weighted by Gasteiger charge is 2.37. The third-order valence-corrected chi connectivity index (χ3v) is 4.54. The minimum absolute atomic E-state index is 0.0625. The quantitative estimate of drug-likeness (QED) is 0.595. The predicted molar refractivity (Wildman–Crippen MR) is 69.4 cm³/mol. The third kappa shape index (κ3) is 2.30. The lowest BCUT2D eigenvalue weighted by atomic mass is 9.86. The van der Waals surface area contributed by atoms with E-state index in [2.05, 4.69) is 37.6 Å². The summed E-state index contributed by atoms with van der Waals surface area (Å²) in [5.41, 5.74) is 3.98. The first kappa shape index (κ1) is 13.6. The molecule has 0 amide bonds. The van der Waals surface area contributed by atoms with Crippen LogP contribution in [0.2, 0.25) is 0 Å². The topological polar surface area (TPSA) is 47.3 Å². The van der Waals surface area contributed by atoms with Gasteiger partial charge in [0.05, 0.1) is 11.6 Å². The van der Waals surface area contributed by atoms with Gasteiger partial charge in [0.15, 0.2) is 0 Å². The summed E-state index contributed by atoms with van der Waals surface area (Å²) in [5, 5.41) is 2.10. The number of ether oxygens (including phenoxy) is 1. The molecule has 0 aromatic carbocycles. The van der Waals surface area contributed by atoms with Crippen molar-refractivity contribution in [2.75, 3.05) is 7.11 Å². The Morgan fingerprint density at radius 2 is 2.12 bits per heavy atom. The second-order valence-electron chi connectivity index (χ2n) is 4.04. The number of rotatable bonds is 6. The maximum atomic E-state index is 5.73. The van der Waals surface area contributed by atoms with E-state index in [1.165, 1.54) is 10.4 Å². The fourth-order valence-corrected chi connectivity index (χ4v) is 3.30. The Morgan fingerprint density at radius 3 is 2.44 bits per heavy atom. The molecule has 3 nitrogen and oxygen atoms in total. The molecule has 3 N–H and O–H groups in total. The molecule has 0 spiro atoms. The lowest BCUT2D eigenvalue weighted by Crippen LogP contribution is -2.47. The van der Waals surface area contributed by atoms with E-state index in [0.717, 1.165) is 12.8 Å². The molecule has 1 unspecified atom stereocenters. The summed E-state index contributed by atoms with van der Waals surface area (Å²) in [5.74, 6) is 5.72. The van der Waals surface area contributed by atoms with Crippen LogP contribution in [0.3, 0.4) is 0 Å². The predicted octanol–water partition coefficient (Wildman–Crippen LogP) is 2.77. The van der Waals surface area contributed by atoms with Crippen LogP contribution in [-0.4, -0.2) is 12.7 Å².